The fraction of sp³-hybridized carbons (Fsp3) is 0.188. The van der Waals surface area contributed by atoms with E-state index in [2.05, 4.69) is 10.0 Å². The van der Waals surface area contributed by atoms with Crippen molar-refractivity contribution in [1.29, 1.82) is 0 Å². The molecule has 0 radical (unpaired) electrons. The molecule has 0 atom stereocenters. The first-order chi connectivity index (χ1) is 11.4. The predicted molar refractivity (Wildman–Crippen MR) is 95.4 cm³/mol. The van der Waals surface area contributed by atoms with E-state index < -0.39 is 15.9 Å². The highest BCUT2D eigenvalue weighted by Gasteiger charge is 2.20. The molecule has 6 nitrogen and oxygen atoms in total. The molecule has 0 heterocycles. The minimum atomic E-state index is -3.74. The van der Waals surface area contributed by atoms with Crippen LogP contribution in [0.3, 0.4) is 0 Å². The van der Waals surface area contributed by atoms with E-state index in [1.807, 2.05) is 24.5 Å². The monoisotopic (exact) mass is 366 g/mol. The number of sulfonamides is 1. The van der Waals surface area contributed by atoms with Crippen LogP contribution in [-0.4, -0.2) is 34.7 Å². The molecular weight excluding hydrogens is 348 g/mol. The number of carbonyl (C=O) groups excluding carboxylic acids is 1. The van der Waals surface area contributed by atoms with Crippen LogP contribution in [0.2, 0.25) is 0 Å². The zero-order valence-corrected chi connectivity index (χ0v) is 15.1. The minimum absolute atomic E-state index is 0.0852. The lowest BCUT2D eigenvalue weighted by Crippen LogP contribution is -2.20. The Kier molecular flexibility index (Phi) is 5.87. The average Bonchev–Trinajstić information content (AvgIpc) is 2.61. The van der Waals surface area contributed by atoms with Gasteiger partial charge in [-0.3, -0.25) is 4.79 Å². The molecule has 128 valence electrons. The lowest BCUT2D eigenvalue weighted by Gasteiger charge is -2.11. The van der Waals surface area contributed by atoms with Crippen LogP contribution in [0.1, 0.15) is 10.4 Å². The molecule has 0 aromatic heterocycles. The molecule has 0 spiro atoms. The molecule has 1 amide bonds. The molecule has 0 fully saturated rings. The molecule has 0 unspecified atom stereocenters. The van der Waals surface area contributed by atoms with Crippen molar-refractivity contribution in [3.63, 3.8) is 0 Å². The predicted octanol–water partition coefficient (Wildman–Crippen LogP) is 2.58. The van der Waals surface area contributed by atoms with Gasteiger partial charge in [-0.05, 0) is 49.7 Å². The quantitative estimate of drug-likeness (QED) is 0.768. The van der Waals surface area contributed by atoms with Crippen LogP contribution in [0.15, 0.2) is 52.3 Å². The molecule has 0 bridgehead atoms. The van der Waals surface area contributed by atoms with E-state index in [1.54, 1.807) is 17.8 Å². The molecule has 0 saturated heterocycles. The summed E-state index contributed by atoms with van der Waals surface area (Å²) < 4.78 is 31.4. The summed E-state index contributed by atoms with van der Waals surface area (Å²) in [5.74, 6) is -0.228. The van der Waals surface area contributed by atoms with Crippen LogP contribution in [0.5, 0.6) is 5.75 Å². The smallest absolute Gasteiger partial charge is 0.255 e. The Hall–Kier alpha value is -2.03. The van der Waals surface area contributed by atoms with Gasteiger partial charge in [-0.25, -0.2) is 13.1 Å². The van der Waals surface area contributed by atoms with Crippen molar-refractivity contribution < 1.29 is 17.9 Å². The van der Waals surface area contributed by atoms with Crippen LogP contribution in [0, 0.1) is 0 Å². The first-order valence-corrected chi connectivity index (χ1v) is 9.69. The van der Waals surface area contributed by atoms with Crippen LogP contribution < -0.4 is 14.8 Å². The maximum Gasteiger partial charge on any atom is 0.255 e. The third kappa shape index (κ3) is 4.08. The standard InChI is InChI=1S/C16H18N2O4S2/c1-17-24(20,21)15-9-11(7-8-14(15)22-2)16(19)18-12-5-4-6-13(10-12)23-3/h4-10,17H,1-3H3,(H,18,19). The van der Waals surface area contributed by atoms with Crippen molar-refractivity contribution in [2.24, 2.45) is 0 Å². The summed E-state index contributed by atoms with van der Waals surface area (Å²) >= 11 is 1.56. The molecule has 2 aromatic rings. The minimum Gasteiger partial charge on any atom is -0.495 e. The van der Waals surface area contributed by atoms with E-state index in [9.17, 15) is 13.2 Å². The van der Waals surface area contributed by atoms with Gasteiger partial charge in [0.1, 0.15) is 10.6 Å². The number of hydrogen-bond donors (Lipinski definition) is 2. The van der Waals surface area contributed by atoms with Crippen molar-refractivity contribution >= 4 is 33.4 Å². The van der Waals surface area contributed by atoms with Crippen molar-refractivity contribution in [3.8, 4) is 5.75 Å². The van der Waals surface area contributed by atoms with Gasteiger partial charge in [-0.1, -0.05) is 6.07 Å². The maximum atomic E-state index is 12.4. The van der Waals surface area contributed by atoms with Crippen molar-refractivity contribution in [2.45, 2.75) is 9.79 Å². The summed E-state index contributed by atoms with van der Waals surface area (Å²) in [7, 11) is -1.07. The summed E-state index contributed by atoms with van der Waals surface area (Å²) in [6, 6.07) is 11.7. The highest BCUT2D eigenvalue weighted by Crippen LogP contribution is 2.25. The largest absolute Gasteiger partial charge is 0.495 e. The number of nitrogens with one attached hydrogen (secondary N) is 2. The Morgan fingerprint density at radius 2 is 1.92 bits per heavy atom. The van der Waals surface area contributed by atoms with Gasteiger partial charge in [0.05, 0.1) is 7.11 Å². The van der Waals surface area contributed by atoms with Gasteiger partial charge >= 0.3 is 0 Å². The second kappa shape index (κ2) is 7.69. The second-order valence-corrected chi connectivity index (χ2v) is 7.49. The van der Waals surface area contributed by atoms with E-state index in [-0.39, 0.29) is 16.2 Å². The van der Waals surface area contributed by atoms with E-state index in [0.717, 1.165) is 4.90 Å². The summed E-state index contributed by atoms with van der Waals surface area (Å²) in [6.07, 6.45) is 1.94. The third-order valence-corrected chi connectivity index (χ3v) is 5.47. The van der Waals surface area contributed by atoms with E-state index >= 15 is 0 Å². The molecule has 2 aromatic carbocycles. The molecule has 0 aliphatic rings. The van der Waals surface area contributed by atoms with Crippen LogP contribution >= 0.6 is 11.8 Å². The van der Waals surface area contributed by atoms with Crippen molar-refractivity contribution in [3.05, 3.63) is 48.0 Å². The number of methoxy groups -OCH3 is 1. The molecule has 2 N–H and O–H groups in total. The third-order valence-electron chi connectivity index (χ3n) is 3.31. The first kappa shape index (κ1) is 18.3. The van der Waals surface area contributed by atoms with E-state index in [0.29, 0.717) is 5.69 Å². The Morgan fingerprint density at radius 3 is 2.54 bits per heavy atom. The SMILES string of the molecule is CNS(=O)(=O)c1cc(C(=O)Nc2cccc(SC)c2)ccc1OC. The fourth-order valence-corrected chi connectivity index (χ4v) is 3.42. The van der Waals surface area contributed by atoms with Gasteiger partial charge in [0.15, 0.2) is 0 Å². The summed E-state index contributed by atoms with van der Waals surface area (Å²) in [4.78, 5) is 13.3. The van der Waals surface area contributed by atoms with E-state index in [4.69, 9.17) is 4.74 Å². The van der Waals surface area contributed by atoms with Gasteiger partial charge in [-0.15, -0.1) is 11.8 Å². The first-order valence-electron chi connectivity index (χ1n) is 6.98. The number of carbonyl (C=O) groups is 1. The Balaban J connectivity index is 2.34. The highest BCUT2D eigenvalue weighted by molar-refractivity contribution is 7.98. The van der Waals surface area contributed by atoms with Gasteiger partial charge in [0.2, 0.25) is 10.0 Å². The number of benzene rings is 2. The average molecular weight is 366 g/mol. The maximum absolute atomic E-state index is 12.4. The Labute approximate surface area is 145 Å². The summed E-state index contributed by atoms with van der Waals surface area (Å²) in [5.41, 5.74) is 0.861. The van der Waals surface area contributed by atoms with Gasteiger partial charge < -0.3 is 10.1 Å². The van der Waals surface area contributed by atoms with Gasteiger partial charge in [-0.2, -0.15) is 0 Å². The molecule has 0 saturated carbocycles. The summed E-state index contributed by atoms with van der Waals surface area (Å²) in [6.45, 7) is 0. The second-order valence-electron chi connectivity index (χ2n) is 4.76. The molecule has 2 rings (SSSR count). The van der Waals surface area contributed by atoms with Gasteiger partial charge in [0.25, 0.3) is 5.91 Å². The fourth-order valence-electron chi connectivity index (χ4n) is 2.04. The summed E-state index contributed by atoms with van der Waals surface area (Å²) in [5, 5.41) is 2.76. The number of ether oxygens (including phenoxy) is 1. The lowest BCUT2D eigenvalue weighted by atomic mass is 10.2. The molecule has 0 aliphatic heterocycles. The lowest BCUT2D eigenvalue weighted by molar-refractivity contribution is 0.102. The number of anilines is 1. The topological polar surface area (TPSA) is 84.5 Å². The van der Waals surface area contributed by atoms with Crippen LogP contribution in [0.4, 0.5) is 5.69 Å². The zero-order valence-electron chi connectivity index (χ0n) is 13.5. The van der Waals surface area contributed by atoms with Gasteiger partial charge in [0, 0.05) is 16.1 Å². The Bertz CT molecular complexity index is 851. The zero-order chi connectivity index (χ0) is 17.7. The number of hydrogen-bond acceptors (Lipinski definition) is 5. The van der Waals surface area contributed by atoms with Crippen molar-refractivity contribution in [2.75, 3.05) is 25.7 Å². The normalized spacial score (nSPS) is 11.1. The van der Waals surface area contributed by atoms with Crippen LogP contribution in [-0.2, 0) is 10.0 Å². The molecule has 0 aliphatic carbocycles. The molecule has 24 heavy (non-hydrogen) atoms. The molecular formula is C16H18N2O4S2. The number of thioether (sulfide) groups is 1. The number of rotatable bonds is 6. The van der Waals surface area contributed by atoms with Crippen molar-refractivity contribution in [1.82, 2.24) is 4.72 Å². The number of amides is 1. The van der Waals surface area contributed by atoms with E-state index in [1.165, 1.54) is 32.4 Å². The van der Waals surface area contributed by atoms with Crippen LogP contribution in [0.25, 0.3) is 0 Å². The highest BCUT2D eigenvalue weighted by atomic mass is 32.2. The Morgan fingerprint density at radius 1 is 1.17 bits per heavy atom. The molecule has 8 heteroatoms.